The maximum Gasteiger partial charge on any atom is 0.410 e. The van der Waals surface area contributed by atoms with Crippen LogP contribution in [0.15, 0.2) is 0 Å². The Balaban J connectivity index is 1.89. The number of hydrogen-bond acceptors (Lipinski definition) is 3. The van der Waals surface area contributed by atoms with Gasteiger partial charge in [-0.3, -0.25) is 0 Å². The third kappa shape index (κ3) is 3.35. The Kier molecular flexibility index (Phi) is 3.61. The predicted molar refractivity (Wildman–Crippen MR) is 66.9 cm³/mol. The second-order valence-corrected chi connectivity index (χ2v) is 6.23. The molecule has 98 valence electrons. The summed E-state index contributed by atoms with van der Waals surface area (Å²) in [5, 5.41) is 3.43. The largest absolute Gasteiger partial charge is 0.444 e. The fourth-order valence-corrected chi connectivity index (χ4v) is 2.74. The zero-order chi connectivity index (χ0) is 12.5. The first kappa shape index (κ1) is 12.7. The van der Waals surface area contributed by atoms with Crippen LogP contribution in [0.5, 0.6) is 0 Å². The van der Waals surface area contributed by atoms with Crippen LogP contribution in [0.4, 0.5) is 4.79 Å². The van der Waals surface area contributed by atoms with E-state index in [9.17, 15) is 4.79 Å². The number of carbonyl (C=O) groups excluding carboxylic acids is 1. The molecule has 2 aliphatic rings. The van der Waals surface area contributed by atoms with Gasteiger partial charge in [0, 0.05) is 13.1 Å². The van der Waals surface area contributed by atoms with Gasteiger partial charge in [0.05, 0.1) is 0 Å². The zero-order valence-corrected chi connectivity index (χ0v) is 11.2. The van der Waals surface area contributed by atoms with Gasteiger partial charge in [0.25, 0.3) is 0 Å². The molecule has 17 heavy (non-hydrogen) atoms. The first-order valence-corrected chi connectivity index (χ1v) is 6.64. The number of nitrogens with one attached hydrogen (secondary N) is 1. The lowest BCUT2D eigenvalue weighted by Crippen LogP contribution is -2.50. The molecule has 1 amide bonds. The zero-order valence-electron chi connectivity index (χ0n) is 11.2. The van der Waals surface area contributed by atoms with Crippen molar-refractivity contribution in [3.05, 3.63) is 0 Å². The Labute approximate surface area is 104 Å². The highest BCUT2D eigenvalue weighted by Gasteiger charge is 2.34. The highest BCUT2D eigenvalue weighted by Crippen LogP contribution is 2.28. The summed E-state index contributed by atoms with van der Waals surface area (Å²) in [6, 6.07) is 0. The Morgan fingerprint density at radius 1 is 1.29 bits per heavy atom. The van der Waals surface area contributed by atoms with Crippen molar-refractivity contribution in [2.24, 2.45) is 11.8 Å². The molecule has 2 aliphatic heterocycles. The lowest BCUT2D eigenvalue weighted by molar-refractivity contribution is 0.00716. The molecule has 2 saturated heterocycles. The van der Waals surface area contributed by atoms with E-state index in [0.717, 1.165) is 38.5 Å². The summed E-state index contributed by atoms with van der Waals surface area (Å²) in [6.45, 7) is 9.68. The van der Waals surface area contributed by atoms with Gasteiger partial charge in [-0.2, -0.15) is 0 Å². The second kappa shape index (κ2) is 4.84. The number of likely N-dealkylation sites (tertiary alicyclic amines) is 1. The summed E-state index contributed by atoms with van der Waals surface area (Å²) in [7, 11) is 0. The van der Waals surface area contributed by atoms with Gasteiger partial charge in [-0.15, -0.1) is 0 Å². The highest BCUT2D eigenvalue weighted by atomic mass is 16.6. The molecule has 2 fully saturated rings. The van der Waals surface area contributed by atoms with Crippen LogP contribution < -0.4 is 5.32 Å². The molecule has 4 nitrogen and oxygen atoms in total. The number of nitrogens with zero attached hydrogens (tertiary/aromatic N) is 1. The summed E-state index contributed by atoms with van der Waals surface area (Å²) < 4.78 is 5.43. The van der Waals surface area contributed by atoms with E-state index in [1.54, 1.807) is 0 Å². The van der Waals surface area contributed by atoms with E-state index in [4.69, 9.17) is 4.74 Å². The van der Waals surface area contributed by atoms with Gasteiger partial charge in [0.1, 0.15) is 5.60 Å². The van der Waals surface area contributed by atoms with E-state index in [-0.39, 0.29) is 11.7 Å². The first-order chi connectivity index (χ1) is 7.96. The minimum atomic E-state index is -0.387. The van der Waals surface area contributed by atoms with Gasteiger partial charge in [0.2, 0.25) is 0 Å². The SMILES string of the molecule is CC(C)(C)OC(=O)N1CC[C@@H]2CNCC[C@@H]2C1. The molecule has 0 radical (unpaired) electrons. The molecule has 2 rings (SSSR count). The van der Waals surface area contributed by atoms with E-state index in [1.807, 2.05) is 25.7 Å². The molecule has 0 aromatic rings. The average Bonchev–Trinajstić information content (AvgIpc) is 2.26. The molecule has 2 heterocycles. The maximum atomic E-state index is 12.0. The molecule has 0 saturated carbocycles. The molecule has 0 aromatic carbocycles. The second-order valence-electron chi connectivity index (χ2n) is 6.23. The van der Waals surface area contributed by atoms with Crippen LogP contribution in [0.25, 0.3) is 0 Å². The van der Waals surface area contributed by atoms with Crippen LogP contribution in [0.1, 0.15) is 33.6 Å². The molecule has 2 atom stereocenters. The third-order valence-electron chi connectivity index (χ3n) is 3.64. The Morgan fingerprint density at radius 2 is 2.06 bits per heavy atom. The molecule has 0 spiro atoms. The van der Waals surface area contributed by atoms with Crippen LogP contribution in [-0.2, 0) is 4.74 Å². The standard InChI is InChI=1S/C13H24N2O2/c1-13(2,3)17-12(16)15-7-5-10-8-14-6-4-11(10)9-15/h10-11,14H,4-9H2,1-3H3/t10-,11-/m1/s1. The quantitative estimate of drug-likeness (QED) is 0.702. The number of rotatable bonds is 0. The van der Waals surface area contributed by atoms with Gasteiger partial charge < -0.3 is 15.0 Å². The fourth-order valence-electron chi connectivity index (χ4n) is 2.74. The number of hydrogen-bond donors (Lipinski definition) is 1. The lowest BCUT2D eigenvalue weighted by atomic mass is 9.81. The Hall–Kier alpha value is -0.770. The summed E-state index contributed by atoms with van der Waals surface area (Å²) in [6.07, 6.45) is 2.15. The number of ether oxygens (including phenoxy) is 1. The van der Waals surface area contributed by atoms with E-state index in [0.29, 0.717) is 5.92 Å². The summed E-state index contributed by atoms with van der Waals surface area (Å²) in [4.78, 5) is 13.9. The smallest absolute Gasteiger partial charge is 0.410 e. The molecule has 1 N–H and O–H groups in total. The van der Waals surface area contributed by atoms with Crippen LogP contribution in [0, 0.1) is 11.8 Å². The van der Waals surface area contributed by atoms with Crippen molar-refractivity contribution in [1.82, 2.24) is 10.2 Å². The van der Waals surface area contributed by atoms with Crippen LogP contribution in [0.3, 0.4) is 0 Å². The highest BCUT2D eigenvalue weighted by molar-refractivity contribution is 5.68. The van der Waals surface area contributed by atoms with Gasteiger partial charge in [-0.25, -0.2) is 4.79 Å². The minimum absolute atomic E-state index is 0.144. The van der Waals surface area contributed by atoms with Gasteiger partial charge >= 0.3 is 6.09 Å². The fraction of sp³-hybridized carbons (Fsp3) is 0.923. The van der Waals surface area contributed by atoms with E-state index in [2.05, 4.69) is 5.32 Å². The number of amides is 1. The van der Waals surface area contributed by atoms with Gasteiger partial charge in [0.15, 0.2) is 0 Å². The van der Waals surface area contributed by atoms with E-state index < -0.39 is 0 Å². The molecule has 0 aromatic heterocycles. The topological polar surface area (TPSA) is 41.6 Å². The van der Waals surface area contributed by atoms with Crippen molar-refractivity contribution in [3.63, 3.8) is 0 Å². The first-order valence-electron chi connectivity index (χ1n) is 6.64. The third-order valence-corrected chi connectivity index (χ3v) is 3.64. The van der Waals surface area contributed by atoms with Crippen molar-refractivity contribution in [3.8, 4) is 0 Å². The van der Waals surface area contributed by atoms with Crippen molar-refractivity contribution in [2.45, 2.75) is 39.2 Å². The summed E-state index contributed by atoms with van der Waals surface area (Å²) in [5.41, 5.74) is -0.387. The summed E-state index contributed by atoms with van der Waals surface area (Å²) in [5.74, 6) is 1.42. The normalized spacial score (nSPS) is 29.7. The monoisotopic (exact) mass is 240 g/mol. The van der Waals surface area contributed by atoms with Crippen molar-refractivity contribution >= 4 is 6.09 Å². The number of fused-ring (bicyclic) bond motifs is 1. The molecular formula is C13H24N2O2. The summed E-state index contributed by atoms with van der Waals surface area (Å²) >= 11 is 0. The molecule has 0 bridgehead atoms. The van der Waals surface area contributed by atoms with Crippen LogP contribution in [0.2, 0.25) is 0 Å². The number of piperidine rings is 2. The van der Waals surface area contributed by atoms with Gasteiger partial charge in [-0.05, 0) is 58.5 Å². The van der Waals surface area contributed by atoms with Crippen molar-refractivity contribution < 1.29 is 9.53 Å². The van der Waals surface area contributed by atoms with E-state index in [1.165, 1.54) is 6.42 Å². The van der Waals surface area contributed by atoms with E-state index >= 15 is 0 Å². The van der Waals surface area contributed by atoms with Crippen LogP contribution in [-0.4, -0.2) is 42.8 Å². The van der Waals surface area contributed by atoms with Crippen molar-refractivity contribution in [1.29, 1.82) is 0 Å². The Morgan fingerprint density at radius 3 is 2.76 bits per heavy atom. The van der Waals surface area contributed by atoms with Crippen LogP contribution >= 0.6 is 0 Å². The van der Waals surface area contributed by atoms with Gasteiger partial charge in [-0.1, -0.05) is 0 Å². The molecule has 0 aliphatic carbocycles. The molecular weight excluding hydrogens is 216 g/mol. The predicted octanol–water partition coefficient (Wildman–Crippen LogP) is 1.85. The molecule has 0 unspecified atom stereocenters. The minimum Gasteiger partial charge on any atom is -0.444 e. The lowest BCUT2D eigenvalue weighted by Gasteiger charge is -2.41. The van der Waals surface area contributed by atoms with Crippen molar-refractivity contribution in [2.75, 3.05) is 26.2 Å². The number of carbonyl (C=O) groups is 1. The molecule has 4 heteroatoms. The maximum absolute atomic E-state index is 12.0. The Bertz CT molecular complexity index is 286. The average molecular weight is 240 g/mol.